The van der Waals surface area contributed by atoms with Gasteiger partial charge in [0.15, 0.2) is 5.16 Å². The molecule has 2 aromatic rings. The molecule has 7 heteroatoms. The summed E-state index contributed by atoms with van der Waals surface area (Å²) in [6, 6.07) is 0. The minimum atomic E-state index is -1.01. The van der Waals surface area contributed by atoms with Crippen LogP contribution in [0.25, 0.3) is 0 Å². The fourth-order valence-electron chi connectivity index (χ4n) is 1.26. The van der Waals surface area contributed by atoms with E-state index in [1.165, 1.54) is 18.0 Å². The molecule has 0 fully saturated rings. The topological polar surface area (TPSA) is 80.9 Å². The van der Waals surface area contributed by atoms with Crippen LogP contribution in [0.5, 0.6) is 0 Å². The minimum absolute atomic E-state index is 0.125. The maximum Gasteiger partial charge on any atom is 0.339 e. The number of hydrogen-bond donors (Lipinski definition) is 1. The molecule has 0 aliphatic heterocycles. The first kappa shape index (κ1) is 11.6. The highest BCUT2D eigenvalue weighted by Gasteiger charge is 2.10. The number of aromatic carboxylic acids is 1. The van der Waals surface area contributed by atoms with Crippen molar-refractivity contribution in [2.75, 3.05) is 0 Å². The van der Waals surface area contributed by atoms with E-state index in [2.05, 4.69) is 15.1 Å². The van der Waals surface area contributed by atoms with E-state index in [0.717, 1.165) is 4.90 Å². The number of carboxylic acids is 1. The second-order valence-corrected chi connectivity index (χ2v) is 4.45. The zero-order chi connectivity index (χ0) is 12.4. The zero-order valence-corrected chi connectivity index (χ0v) is 10.1. The van der Waals surface area contributed by atoms with Gasteiger partial charge in [0.25, 0.3) is 0 Å². The molecule has 0 unspecified atom stereocenters. The molecule has 0 spiro atoms. The smallest absolute Gasteiger partial charge is 0.339 e. The van der Waals surface area contributed by atoms with E-state index in [0.29, 0.717) is 10.9 Å². The van der Waals surface area contributed by atoms with Gasteiger partial charge in [-0.05, 0) is 18.7 Å². The van der Waals surface area contributed by atoms with Crippen LogP contribution < -0.4 is 0 Å². The number of aryl methyl sites for hydroxylation is 2. The lowest BCUT2D eigenvalue weighted by atomic mass is 10.2. The molecule has 0 aliphatic rings. The maximum absolute atomic E-state index is 10.8. The summed E-state index contributed by atoms with van der Waals surface area (Å²) < 4.78 is 1.68. The number of nitrogens with zero attached hydrogens (tertiary/aromatic N) is 4. The molecule has 0 saturated heterocycles. The van der Waals surface area contributed by atoms with Gasteiger partial charge < -0.3 is 5.11 Å². The zero-order valence-electron chi connectivity index (χ0n) is 9.28. The Morgan fingerprint density at radius 3 is 2.76 bits per heavy atom. The van der Waals surface area contributed by atoms with Gasteiger partial charge in [0.2, 0.25) is 0 Å². The molecule has 0 radical (unpaired) electrons. The summed E-state index contributed by atoms with van der Waals surface area (Å²) in [6.45, 7) is 1.65. The van der Waals surface area contributed by atoms with Gasteiger partial charge in [-0.15, -0.1) is 0 Å². The van der Waals surface area contributed by atoms with Gasteiger partial charge in [0.1, 0.15) is 0 Å². The Kier molecular flexibility index (Phi) is 3.10. The number of carboxylic acid groups (broad SMARTS) is 1. The van der Waals surface area contributed by atoms with Crippen LogP contribution in [0.4, 0.5) is 0 Å². The Morgan fingerprint density at radius 2 is 2.24 bits per heavy atom. The van der Waals surface area contributed by atoms with Crippen molar-refractivity contribution in [1.29, 1.82) is 0 Å². The number of carbonyl (C=O) groups is 1. The van der Waals surface area contributed by atoms with Crippen LogP contribution in [0.15, 0.2) is 28.6 Å². The van der Waals surface area contributed by atoms with Gasteiger partial charge in [-0.3, -0.25) is 4.68 Å². The second-order valence-electron chi connectivity index (χ2n) is 3.41. The van der Waals surface area contributed by atoms with E-state index in [1.807, 2.05) is 13.2 Å². The average Bonchev–Trinajstić information content (AvgIpc) is 2.63. The van der Waals surface area contributed by atoms with E-state index < -0.39 is 5.97 Å². The van der Waals surface area contributed by atoms with Gasteiger partial charge in [-0.25, -0.2) is 14.8 Å². The van der Waals surface area contributed by atoms with E-state index in [1.54, 1.807) is 17.8 Å². The van der Waals surface area contributed by atoms with E-state index in [9.17, 15) is 4.79 Å². The fraction of sp³-hybridized carbons (Fsp3) is 0.200. The highest BCUT2D eigenvalue weighted by molar-refractivity contribution is 7.99. The Labute approximate surface area is 102 Å². The predicted molar refractivity (Wildman–Crippen MR) is 61.1 cm³/mol. The molecular weight excluding hydrogens is 240 g/mol. The molecule has 88 valence electrons. The Hall–Kier alpha value is -1.89. The minimum Gasteiger partial charge on any atom is -0.478 e. The summed E-state index contributed by atoms with van der Waals surface area (Å²) in [7, 11) is 1.82. The van der Waals surface area contributed by atoms with Crippen LogP contribution in [-0.2, 0) is 7.05 Å². The summed E-state index contributed by atoms with van der Waals surface area (Å²) in [5.74, 6) is -1.01. The van der Waals surface area contributed by atoms with Crippen molar-refractivity contribution in [3.63, 3.8) is 0 Å². The average molecular weight is 250 g/mol. The van der Waals surface area contributed by atoms with Gasteiger partial charge >= 0.3 is 5.97 Å². The van der Waals surface area contributed by atoms with E-state index >= 15 is 0 Å². The van der Waals surface area contributed by atoms with Crippen molar-refractivity contribution in [2.45, 2.75) is 17.0 Å². The Bertz CT molecular complexity index is 567. The molecule has 0 bridgehead atoms. The molecule has 0 saturated carbocycles. The number of aromatic nitrogens is 4. The fourth-order valence-corrected chi connectivity index (χ4v) is 2.07. The monoisotopic (exact) mass is 250 g/mol. The molecular formula is C10H10N4O2S. The quantitative estimate of drug-likeness (QED) is 0.828. The molecule has 2 heterocycles. The van der Waals surface area contributed by atoms with Gasteiger partial charge in [-0.2, -0.15) is 5.10 Å². The molecule has 1 N–H and O–H groups in total. The Morgan fingerprint density at radius 1 is 1.47 bits per heavy atom. The predicted octanol–water partition coefficient (Wildman–Crippen LogP) is 1.37. The first-order valence-electron chi connectivity index (χ1n) is 4.79. The van der Waals surface area contributed by atoms with Crippen molar-refractivity contribution in [3.8, 4) is 0 Å². The number of rotatable bonds is 3. The highest BCUT2D eigenvalue weighted by Crippen LogP contribution is 2.23. The first-order chi connectivity index (χ1) is 8.06. The van der Waals surface area contributed by atoms with Crippen molar-refractivity contribution in [2.24, 2.45) is 7.05 Å². The summed E-state index contributed by atoms with van der Waals surface area (Å²) in [5.41, 5.74) is 0.583. The SMILES string of the molecule is Cc1nc(Sc2cnn(C)c2)ncc1C(=O)O. The normalized spacial score (nSPS) is 10.5. The summed E-state index contributed by atoms with van der Waals surface area (Å²) in [5, 5.41) is 13.4. The first-order valence-corrected chi connectivity index (χ1v) is 5.61. The Balaban J connectivity index is 2.23. The molecule has 0 amide bonds. The van der Waals surface area contributed by atoms with Crippen LogP contribution in [0.2, 0.25) is 0 Å². The van der Waals surface area contributed by atoms with E-state index in [4.69, 9.17) is 5.11 Å². The van der Waals surface area contributed by atoms with Crippen molar-refractivity contribution in [1.82, 2.24) is 19.7 Å². The standard InChI is InChI=1S/C10H10N4O2S/c1-6-8(9(15)16)4-11-10(13-6)17-7-3-12-14(2)5-7/h3-5H,1-2H3,(H,15,16). The van der Waals surface area contributed by atoms with Crippen molar-refractivity contribution < 1.29 is 9.90 Å². The molecule has 0 aromatic carbocycles. The third-order valence-corrected chi connectivity index (χ3v) is 2.90. The number of hydrogen-bond acceptors (Lipinski definition) is 5. The molecule has 2 aromatic heterocycles. The van der Waals surface area contributed by atoms with Crippen molar-refractivity contribution in [3.05, 3.63) is 29.8 Å². The summed E-state index contributed by atoms with van der Waals surface area (Å²) in [4.78, 5) is 19.8. The lowest BCUT2D eigenvalue weighted by molar-refractivity contribution is 0.0695. The summed E-state index contributed by atoms with van der Waals surface area (Å²) in [6.07, 6.45) is 4.87. The molecule has 17 heavy (non-hydrogen) atoms. The molecule has 2 rings (SSSR count). The summed E-state index contributed by atoms with van der Waals surface area (Å²) >= 11 is 1.34. The van der Waals surface area contributed by atoms with Crippen LogP contribution >= 0.6 is 11.8 Å². The van der Waals surface area contributed by atoms with Crippen molar-refractivity contribution >= 4 is 17.7 Å². The third kappa shape index (κ3) is 2.62. The highest BCUT2D eigenvalue weighted by atomic mass is 32.2. The van der Waals surface area contributed by atoms with Crippen LogP contribution in [0.3, 0.4) is 0 Å². The molecule has 0 aliphatic carbocycles. The van der Waals surface area contributed by atoms with Gasteiger partial charge in [0, 0.05) is 19.4 Å². The lowest BCUT2D eigenvalue weighted by Gasteiger charge is -2.01. The van der Waals surface area contributed by atoms with Crippen LogP contribution in [0, 0.1) is 6.92 Å². The second kappa shape index (κ2) is 4.54. The largest absolute Gasteiger partial charge is 0.478 e. The third-order valence-electron chi connectivity index (χ3n) is 2.08. The van der Waals surface area contributed by atoms with E-state index in [-0.39, 0.29) is 5.56 Å². The lowest BCUT2D eigenvalue weighted by Crippen LogP contribution is -2.03. The van der Waals surface area contributed by atoms with Crippen LogP contribution in [0.1, 0.15) is 16.1 Å². The van der Waals surface area contributed by atoms with Gasteiger partial charge in [0.05, 0.1) is 22.3 Å². The maximum atomic E-state index is 10.8. The van der Waals surface area contributed by atoms with Crippen LogP contribution in [-0.4, -0.2) is 30.8 Å². The molecule has 0 atom stereocenters. The molecule has 6 nitrogen and oxygen atoms in total. The van der Waals surface area contributed by atoms with Gasteiger partial charge in [-0.1, -0.05) is 0 Å².